The van der Waals surface area contributed by atoms with Crippen LogP contribution in [0.15, 0.2) is 6.20 Å². The van der Waals surface area contributed by atoms with Crippen LogP contribution in [0.1, 0.15) is 5.82 Å². The SMILES string of the molecule is Cc1nc(N)nc(N)n1.Nc1cn(N)nn1. The Balaban J connectivity index is 0.000000165. The van der Waals surface area contributed by atoms with Crippen LogP contribution >= 0.6 is 0 Å². The highest BCUT2D eigenvalue weighted by molar-refractivity contribution is 5.25. The average Bonchev–Trinajstić information content (AvgIpc) is 2.48. The Morgan fingerprint density at radius 2 is 1.62 bits per heavy atom. The van der Waals surface area contributed by atoms with Crippen molar-refractivity contribution in [3.63, 3.8) is 0 Å². The molecule has 0 radical (unpaired) electrons. The van der Waals surface area contributed by atoms with Gasteiger partial charge in [-0.05, 0) is 12.1 Å². The molecule has 2 aromatic heterocycles. The summed E-state index contributed by atoms with van der Waals surface area (Å²) >= 11 is 0. The van der Waals surface area contributed by atoms with Gasteiger partial charge in [0.1, 0.15) is 5.82 Å². The second-order valence-electron chi connectivity index (χ2n) is 2.72. The van der Waals surface area contributed by atoms with Gasteiger partial charge in [-0.15, -0.1) is 5.10 Å². The number of aryl methyl sites for hydroxylation is 1. The molecule has 0 spiro atoms. The third-order valence-electron chi connectivity index (χ3n) is 1.31. The van der Waals surface area contributed by atoms with E-state index in [9.17, 15) is 0 Å². The number of hydrogen-bond donors (Lipinski definition) is 4. The maximum absolute atomic E-state index is 5.22. The molecule has 0 amide bonds. The van der Waals surface area contributed by atoms with Crippen LogP contribution in [0.25, 0.3) is 0 Å². The molecule has 0 atom stereocenters. The minimum atomic E-state index is 0.167. The van der Waals surface area contributed by atoms with Crippen molar-refractivity contribution < 1.29 is 0 Å². The molecule has 0 fully saturated rings. The van der Waals surface area contributed by atoms with Gasteiger partial charge in [0.2, 0.25) is 11.9 Å². The molecule has 0 aliphatic heterocycles. The van der Waals surface area contributed by atoms with Crippen LogP contribution in [0, 0.1) is 6.92 Å². The molecule has 2 heterocycles. The van der Waals surface area contributed by atoms with E-state index in [4.69, 9.17) is 23.0 Å². The van der Waals surface area contributed by atoms with Gasteiger partial charge in [0.15, 0.2) is 5.82 Å². The zero-order valence-corrected chi connectivity index (χ0v) is 8.57. The van der Waals surface area contributed by atoms with Crippen molar-refractivity contribution in [1.82, 2.24) is 30.1 Å². The van der Waals surface area contributed by atoms with Gasteiger partial charge in [-0.25, -0.2) is 0 Å². The largest absolute Gasteiger partial charge is 0.381 e. The molecule has 10 nitrogen and oxygen atoms in total. The fraction of sp³-hybridized carbons (Fsp3) is 0.167. The highest BCUT2D eigenvalue weighted by Gasteiger charge is 1.93. The van der Waals surface area contributed by atoms with E-state index in [1.165, 1.54) is 6.20 Å². The van der Waals surface area contributed by atoms with Gasteiger partial charge in [0.25, 0.3) is 0 Å². The molecule has 0 aliphatic rings. The second kappa shape index (κ2) is 4.72. The molecule has 0 aliphatic carbocycles. The fourth-order valence-electron chi connectivity index (χ4n) is 0.814. The second-order valence-corrected chi connectivity index (χ2v) is 2.72. The topological polar surface area (TPSA) is 173 Å². The Morgan fingerprint density at radius 1 is 1.06 bits per heavy atom. The van der Waals surface area contributed by atoms with Crippen molar-refractivity contribution in [3.05, 3.63) is 12.0 Å². The fourth-order valence-corrected chi connectivity index (χ4v) is 0.814. The third kappa shape index (κ3) is 3.61. The number of rotatable bonds is 0. The van der Waals surface area contributed by atoms with E-state index in [0.29, 0.717) is 11.6 Å². The van der Waals surface area contributed by atoms with Gasteiger partial charge >= 0.3 is 0 Å². The summed E-state index contributed by atoms with van der Waals surface area (Å²) in [7, 11) is 0. The first-order valence-corrected chi connectivity index (χ1v) is 4.14. The summed E-state index contributed by atoms with van der Waals surface area (Å²) in [4.78, 5) is 12.0. The van der Waals surface area contributed by atoms with E-state index in [0.717, 1.165) is 4.79 Å². The van der Waals surface area contributed by atoms with Crippen molar-refractivity contribution >= 4 is 17.7 Å². The maximum Gasteiger partial charge on any atom is 0.225 e. The van der Waals surface area contributed by atoms with Crippen molar-refractivity contribution in [2.45, 2.75) is 6.92 Å². The molecule has 0 unspecified atom stereocenters. The van der Waals surface area contributed by atoms with E-state index in [1.807, 2.05) is 0 Å². The van der Waals surface area contributed by atoms with Crippen LogP contribution in [-0.4, -0.2) is 30.1 Å². The number of nitrogens with zero attached hydrogens (tertiary/aromatic N) is 6. The van der Waals surface area contributed by atoms with Crippen LogP contribution in [0.5, 0.6) is 0 Å². The number of hydrogen-bond acceptors (Lipinski definition) is 9. The Labute approximate surface area is 90.6 Å². The summed E-state index contributed by atoms with van der Waals surface area (Å²) < 4.78 is 0. The molecule has 86 valence electrons. The molecular weight excluding hydrogens is 212 g/mol. The van der Waals surface area contributed by atoms with Gasteiger partial charge in [-0.2, -0.15) is 19.7 Å². The summed E-state index contributed by atoms with van der Waals surface area (Å²) in [5.74, 6) is 6.25. The predicted octanol–water partition coefficient (Wildman–Crippen LogP) is -2.08. The van der Waals surface area contributed by atoms with Gasteiger partial charge < -0.3 is 23.0 Å². The standard InChI is InChI=1S/C4H7N5.C2H5N5/c1-2-7-3(5)9-4(6)8-2;3-2-1-7(4)6-5-2/h1H3,(H4,5,6,7,8,9);1H,3-4H2. The van der Waals surface area contributed by atoms with Crippen molar-refractivity contribution in [1.29, 1.82) is 0 Å². The monoisotopic (exact) mass is 224 g/mol. The molecule has 2 aromatic rings. The number of nitrogens with two attached hydrogens (primary N) is 4. The number of anilines is 3. The van der Waals surface area contributed by atoms with Crippen molar-refractivity contribution in [3.8, 4) is 0 Å². The van der Waals surface area contributed by atoms with Gasteiger partial charge in [0.05, 0.1) is 6.20 Å². The summed E-state index contributed by atoms with van der Waals surface area (Å²) in [6, 6.07) is 0. The zero-order valence-electron chi connectivity index (χ0n) is 8.57. The van der Waals surface area contributed by atoms with Crippen LogP contribution in [0.4, 0.5) is 17.7 Å². The normalized spacial score (nSPS) is 9.31. The third-order valence-corrected chi connectivity index (χ3v) is 1.31. The lowest BCUT2D eigenvalue weighted by atomic mass is 10.7. The van der Waals surface area contributed by atoms with Crippen molar-refractivity contribution in [2.75, 3.05) is 23.0 Å². The Morgan fingerprint density at radius 3 is 1.88 bits per heavy atom. The molecule has 16 heavy (non-hydrogen) atoms. The first kappa shape index (κ1) is 11.4. The Bertz CT molecular complexity index is 395. The average molecular weight is 224 g/mol. The molecule has 8 N–H and O–H groups in total. The lowest BCUT2D eigenvalue weighted by Crippen LogP contribution is -2.07. The van der Waals surface area contributed by atoms with E-state index >= 15 is 0 Å². The molecular formula is C6H12N10. The molecule has 10 heteroatoms. The van der Waals surface area contributed by atoms with E-state index in [2.05, 4.69) is 25.3 Å². The molecule has 0 aromatic carbocycles. The quantitative estimate of drug-likeness (QED) is 0.366. The smallest absolute Gasteiger partial charge is 0.225 e. The highest BCUT2D eigenvalue weighted by Crippen LogP contribution is 1.94. The molecule has 2 rings (SSSR count). The first-order chi connectivity index (χ1) is 7.47. The lowest BCUT2D eigenvalue weighted by Gasteiger charge is -1.93. The highest BCUT2D eigenvalue weighted by atomic mass is 15.6. The summed E-state index contributed by atoms with van der Waals surface area (Å²) in [6.45, 7) is 1.70. The minimum Gasteiger partial charge on any atom is -0.381 e. The number of nitrogen functional groups attached to an aromatic ring is 4. The zero-order chi connectivity index (χ0) is 12.1. The van der Waals surface area contributed by atoms with E-state index < -0.39 is 0 Å². The van der Waals surface area contributed by atoms with Gasteiger partial charge in [-0.1, -0.05) is 0 Å². The predicted molar refractivity (Wildman–Crippen MR) is 58.0 cm³/mol. The first-order valence-electron chi connectivity index (χ1n) is 4.14. The van der Waals surface area contributed by atoms with Crippen molar-refractivity contribution in [2.24, 2.45) is 0 Å². The van der Waals surface area contributed by atoms with Gasteiger partial charge in [0, 0.05) is 0 Å². The van der Waals surface area contributed by atoms with E-state index in [1.54, 1.807) is 6.92 Å². The lowest BCUT2D eigenvalue weighted by molar-refractivity contribution is 0.766. The van der Waals surface area contributed by atoms with Crippen LogP contribution < -0.4 is 23.0 Å². The Hall–Kier alpha value is -2.65. The molecule has 0 saturated heterocycles. The van der Waals surface area contributed by atoms with Crippen LogP contribution in [0.2, 0.25) is 0 Å². The molecule has 0 bridgehead atoms. The Kier molecular flexibility index (Phi) is 3.37. The van der Waals surface area contributed by atoms with E-state index in [-0.39, 0.29) is 11.9 Å². The van der Waals surface area contributed by atoms with Crippen LogP contribution in [-0.2, 0) is 0 Å². The summed E-state index contributed by atoms with van der Waals surface area (Å²) in [5.41, 5.74) is 15.5. The summed E-state index contributed by atoms with van der Waals surface area (Å²) in [6.07, 6.45) is 1.42. The molecule has 0 saturated carbocycles. The van der Waals surface area contributed by atoms with Gasteiger partial charge in [-0.3, -0.25) is 0 Å². The maximum atomic E-state index is 5.22. The minimum absolute atomic E-state index is 0.167. The number of aromatic nitrogens is 6. The van der Waals surface area contributed by atoms with Crippen LogP contribution in [0.3, 0.4) is 0 Å². The summed E-state index contributed by atoms with van der Waals surface area (Å²) in [5, 5.41) is 6.72.